The van der Waals surface area contributed by atoms with E-state index >= 15 is 0 Å². The number of ether oxygens (including phenoxy) is 1. The lowest BCUT2D eigenvalue weighted by Gasteiger charge is -2.24. The van der Waals surface area contributed by atoms with Crippen molar-refractivity contribution in [1.82, 2.24) is 5.32 Å². The topological polar surface area (TPSA) is 38.3 Å². The second kappa shape index (κ2) is 7.79. The Morgan fingerprint density at radius 2 is 2.35 bits per heavy atom. The van der Waals surface area contributed by atoms with Crippen LogP contribution in [0, 0.1) is 0 Å². The van der Waals surface area contributed by atoms with Crippen LogP contribution in [0.2, 0.25) is 0 Å². The maximum absolute atomic E-state index is 12.3. The first-order valence-electron chi connectivity index (χ1n) is 7.72. The lowest BCUT2D eigenvalue weighted by Crippen LogP contribution is -2.36. The van der Waals surface area contributed by atoms with Gasteiger partial charge in [-0.15, -0.1) is 11.3 Å². The first-order chi connectivity index (χ1) is 9.72. The summed E-state index contributed by atoms with van der Waals surface area (Å²) in [5, 5.41) is 5.34. The van der Waals surface area contributed by atoms with Crippen LogP contribution in [0.15, 0.2) is 11.4 Å². The molecule has 0 saturated heterocycles. The molecule has 0 aliphatic carbocycles. The molecular weight excluding hydrogens is 270 g/mol. The van der Waals surface area contributed by atoms with Crippen molar-refractivity contribution in [2.45, 2.75) is 64.5 Å². The Bertz CT molecular complexity index is 430. The van der Waals surface area contributed by atoms with Crippen LogP contribution in [0.3, 0.4) is 0 Å². The standard InChI is InChI=1S/C16H25NO2S/c1-3-4-5-6-7-12(2)19-16(18)15-13-9-11-20-14(13)8-10-17-15/h9,11-12,15,17H,3-8,10H2,1-2H3. The summed E-state index contributed by atoms with van der Waals surface area (Å²) in [6.45, 7) is 5.07. The first kappa shape index (κ1) is 15.5. The molecule has 0 amide bonds. The lowest BCUT2D eigenvalue weighted by molar-refractivity contribution is -0.151. The molecule has 0 spiro atoms. The van der Waals surface area contributed by atoms with Crippen LogP contribution < -0.4 is 5.32 Å². The number of fused-ring (bicyclic) bond motifs is 1. The van der Waals surface area contributed by atoms with E-state index in [0.29, 0.717) is 0 Å². The fraction of sp³-hybridized carbons (Fsp3) is 0.688. The number of esters is 1. The fourth-order valence-electron chi connectivity index (χ4n) is 2.65. The molecule has 2 heterocycles. The predicted molar refractivity (Wildman–Crippen MR) is 83.1 cm³/mol. The van der Waals surface area contributed by atoms with Crippen molar-refractivity contribution in [3.63, 3.8) is 0 Å². The normalized spacial score (nSPS) is 19.4. The van der Waals surface area contributed by atoms with Gasteiger partial charge >= 0.3 is 5.97 Å². The average molecular weight is 295 g/mol. The van der Waals surface area contributed by atoms with Crippen molar-refractivity contribution in [3.05, 3.63) is 21.9 Å². The van der Waals surface area contributed by atoms with Gasteiger partial charge in [-0.1, -0.05) is 26.2 Å². The molecule has 1 N–H and O–H groups in total. The molecule has 4 heteroatoms. The zero-order valence-electron chi connectivity index (χ0n) is 12.5. The van der Waals surface area contributed by atoms with Crippen molar-refractivity contribution >= 4 is 17.3 Å². The van der Waals surface area contributed by atoms with Gasteiger partial charge in [0.25, 0.3) is 0 Å². The van der Waals surface area contributed by atoms with Gasteiger partial charge in [0, 0.05) is 11.4 Å². The summed E-state index contributed by atoms with van der Waals surface area (Å²) in [7, 11) is 0. The molecule has 3 nitrogen and oxygen atoms in total. The molecule has 1 aliphatic heterocycles. The highest BCUT2D eigenvalue weighted by molar-refractivity contribution is 7.10. The Balaban J connectivity index is 1.81. The molecule has 2 unspecified atom stereocenters. The second-order valence-electron chi connectivity index (χ2n) is 5.53. The maximum atomic E-state index is 12.3. The molecule has 0 fully saturated rings. The number of carbonyl (C=O) groups is 1. The van der Waals surface area contributed by atoms with Crippen molar-refractivity contribution in [2.75, 3.05) is 6.54 Å². The zero-order chi connectivity index (χ0) is 14.4. The minimum Gasteiger partial charge on any atom is -0.461 e. The van der Waals surface area contributed by atoms with E-state index in [0.717, 1.165) is 31.4 Å². The third-order valence-electron chi connectivity index (χ3n) is 3.81. The summed E-state index contributed by atoms with van der Waals surface area (Å²) in [6.07, 6.45) is 6.88. The number of rotatable bonds is 7. The third kappa shape index (κ3) is 4.06. The molecular formula is C16H25NO2S. The van der Waals surface area contributed by atoms with Crippen LogP contribution in [0.25, 0.3) is 0 Å². The summed E-state index contributed by atoms with van der Waals surface area (Å²) in [5.41, 5.74) is 1.12. The van der Waals surface area contributed by atoms with Crippen LogP contribution in [-0.4, -0.2) is 18.6 Å². The fourth-order valence-corrected chi connectivity index (χ4v) is 3.57. The minimum absolute atomic E-state index is 0.0187. The molecule has 112 valence electrons. The maximum Gasteiger partial charge on any atom is 0.328 e. The van der Waals surface area contributed by atoms with E-state index in [9.17, 15) is 4.79 Å². The van der Waals surface area contributed by atoms with E-state index < -0.39 is 0 Å². The van der Waals surface area contributed by atoms with Crippen molar-refractivity contribution in [1.29, 1.82) is 0 Å². The molecule has 0 bridgehead atoms. The molecule has 20 heavy (non-hydrogen) atoms. The van der Waals surface area contributed by atoms with Crippen molar-refractivity contribution < 1.29 is 9.53 Å². The van der Waals surface area contributed by atoms with Crippen molar-refractivity contribution in [2.24, 2.45) is 0 Å². The number of carbonyl (C=O) groups excluding carboxylic acids is 1. The minimum atomic E-state index is -0.261. The second-order valence-corrected chi connectivity index (χ2v) is 6.53. The van der Waals surface area contributed by atoms with E-state index in [1.165, 1.54) is 24.1 Å². The van der Waals surface area contributed by atoms with Gasteiger partial charge in [0.2, 0.25) is 0 Å². The Hall–Kier alpha value is -0.870. The number of hydrogen-bond acceptors (Lipinski definition) is 4. The summed E-state index contributed by atoms with van der Waals surface area (Å²) < 4.78 is 5.60. The quantitative estimate of drug-likeness (QED) is 0.613. The highest BCUT2D eigenvalue weighted by atomic mass is 32.1. The molecule has 0 saturated carbocycles. The van der Waals surface area contributed by atoms with Crippen molar-refractivity contribution in [3.8, 4) is 0 Å². The number of thiophene rings is 1. The number of nitrogens with one attached hydrogen (secondary N) is 1. The smallest absolute Gasteiger partial charge is 0.328 e. The van der Waals surface area contributed by atoms with Gasteiger partial charge < -0.3 is 10.1 Å². The van der Waals surface area contributed by atoms with Gasteiger partial charge in [-0.3, -0.25) is 0 Å². The lowest BCUT2D eigenvalue weighted by atomic mass is 10.0. The summed E-state index contributed by atoms with van der Waals surface area (Å²) in [5.74, 6) is -0.118. The summed E-state index contributed by atoms with van der Waals surface area (Å²) in [4.78, 5) is 13.6. The predicted octanol–water partition coefficient (Wildman–Crippen LogP) is 3.84. The van der Waals surface area contributed by atoms with Crippen LogP contribution in [-0.2, 0) is 16.0 Å². The Morgan fingerprint density at radius 3 is 3.15 bits per heavy atom. The molecule has 1 aromatic heterocycles. The van der Waals surface area contributed by atoms with Gasteiger partial charge in [0.05, 0.1) is 6.10 Å². The number of hydrogen-bond donors (Lipinski definition) is 1. The van der Waals surface area contributed by atoms with Gasteiger partial charge in [0.15, 0.2) is 0 Å². The largest absolute Gasteiger partial charge is 0.461 e. The average Bonchev–Trinajstić information content (AvgIpc) is 2.91. The van der Waals surface area contributed by atoms with Gasteiger partial charge in [-0.05, 0) is 43.2 Å². The van der Waals surface area contributed by atoms with Crippen LogP contribution >= 0.6 is 11.3 Å². The van der Waals surface area contributed by atoms with Gasteiger partial charge in [0.1, 0.15) is 6.04 Å². The van der Waals surface area contributed by atoms with Crippen LogP contribution in [0.5, 0.6) is 0 Å². The van der Waals surface area contributed by atoms with E-state index in [-0.39, 0.29) is 18.1 Å². The molecule has 2 atom stereocenters. The molecule has 1 aliphatic rings. The molecule has 0 aromatic carbocycles. The Kier molecular flexibility index (Phi) is 6.05. The van der Waals surface area contributed by atoms with E-state index in [2.05, 4.69) is 17.6 Å². The summed E-state index contributed by atoms with van der Waals surface area (Å²) in [6, 6.07) is 1.78. The highest BCUT2D eigenvalue weighted by Crippen LogP contribution is 2.28. The monoisotopic (exact) mass is 295 g/mol. The van der Waals surface area contributed by atoms with Crippen LogP contribution in [0.1, 0.15) is 62.4 Å². The van der Waals surface area contributed by atoms with Crippen LogP contribution in [0.4, 0.5) is 0 Å². The van der Waals surface area contributed by atoms with Gasteiger partial charge in [-0.25, -0.2) is 4.79 Å². The van der Waals surface area contributed by atoms with E-state index in [1.807, 2.05) is 13.0 Å². The number of unbranched alkanes of at least 4 members (excludes halogenated alkanes) is 3. The molecule has 1 aromatic rings. The molecule has 2 rings (SSSR count). The third-order valence-corrected chi connectivity index (χ3v) is 4.81. The van der Waals surface area contributed by atoms with Gasteiger partial charge in [-0.2, -0.15) is 0 Å². The zero-order valence-corrected chi connectivity index (χ0v) is 13.3. The SMILES string of the molecule is CCCCCCC(C)OC(=O)C1NCCc2sccc21. The van der Waals surface area contributed by atoms with E-state index in [1.54, 1.807) is 11.3 Å². The highest BCUT2D eigenvalue weighted by Gasteiger charge is 2.29. The first-order valence-corrected chi connectivity index (χ1v) is 8.60. The van der Waals surface area contributed by atoms with E-state index in [4.69, 9.17) is 4.74 Å². The summed E-state index contributed by atoms with van der Waals surface area (Å²) >= 11 is 1.74. The molecule has 0 radical (unpaired) electrons. The Morgan fingerprint density at radius 1 is 1.50 bits per heavy atom. The Labute approximate surface area is 125 Å².